The molecule has 3 rings (SSSR count). The molecule has 0 atom stereocenters. The topological polar surface area (TPSA) is 34.9 Å². The van der Waals surface area contributed by atoms with Crippen LogP contribution in [-0.2, 0) is 17.2 Å². The van der Waals surface area contributed by atoms with Gasteiger partial charge in [-0.2, -0.15) is 0 Å². The summed E-state index contributed by atoms with van der Waals surface area (Å²) in [6, 6.07) is 6.73. The zero-order valence-corrected chi connectivity index (χ0v) is 13.2. The maximum atomic E-state index is 11.6. The molecule has 0 N–H and O–H groups in total. The standard InChI is InChI=1S/C15H19ClN2OS/c1-11-3-2-4-13-15(11)17-14(5-8-16)18(13)12-6-9-20(19)10-7-12/h2-4,12H,5-10H2,1H3. The van der Waals surface area contributed by atoms with Gasteiger partial charge in [-0.15, -0.1) is 11.6 Å². The first kappa shape index (κ1) is 14.1. The summed E-state index contributed by atoms with van der Waals surface area (Å²) in [5.41, 5.74) is 3.48. The van der Waals surface area contributed by atoms with Crippen molar-refractivity contribution in [2.45, 2.75) is 32.2 Å². The lowest BCUT2D eigenvalue weighted by Gasteiger charge is -2.25. The van der Waals surface area contributed by atoms with Crippen molar-refractivity contribution in [3.8, 4) is 0 Å². The molecule has 0 bridgehead atoms. The summed E-state index contributed by atoms with van der Waals surface area (Å²) in [5.74, 6) is 3.26. The van der Waals surface area contributed by atoms with Crippen LogP contribution in [-0.4, -0.2) is 31.1 Å². The van der Waals surface area contributed by atoms with Crippen molar-refractivity contribution >= 4 is 33.4 Å². The SMILES string of the molecule is Cc1cccc2c1nc(CCCl)n2C1CCS(=O)CC1. The number of aryl methyl sites for hydroxylation is 2. The number of para-hydroxylation sites is 1. The Morgan fingerprint density at radius 1 is 1.40 bits per heavy atom. The molecule has 20 heavy (non-hydrogen) atoms. The largest absolute Gasteiger partial charge is 0.325 e. The maximum Gasteiger partial charge on any atom is 0.111 e. The van der Waals surface area contributed by atoms with Gasteiger partial charge in [0, 0.05) is 40.6 Å². The van der Waals surface area contributed by atoms with Gasteiger partial charge in [0.1, 0.15) is 5.82 Å². The number of nitrogens with zero attached hydrogens (tertiary/aromatic N) is 2. The Kier molecular flexibility index (Phi) is 4.13. The average Bonchev–Trinajstić information content (AvgIpc) is 2.80. The van der Waals surface area contributed by atoms with Crippen molar-refractivity contribution < 1.29 is 4.21 Å². The molecule has 1 saturated heterocycles. The third-order valence-corrected chi connectivity index (χ3v) is 5.61. The van der Waals surface area contributed by atoms with E-state index in [1.807, 2.05) is 0 Å². The third kappa shape index (κ3) is 2.51. The molecule has 1 fully saturated rings. The highest BCUT2D eigenvalue weighted by molar-refractivity contribution is 7.85. The van der Waals surface area contributed by atoms with Gasteiger partial charge in [-0.3, -0.25) is 4.21 Å². The molecule has 0 radical (unpaired) electrons. The molecule has 0 spiro atoms. The molecule has 1 aromatic carbocycles. The fourth-order valence-corrected chi connectivity index (χ4v) is 4.46. The van der Waals surface area contributed by atoms with Gasteiger partial charge in [-0.25, -0.2) is 4.98 Å². The molecule has 0 amide bonds. The average molecular weight is 311 g/mol. The van der Waals surface area contributed by atoms with Crippen LogP contribution in [0.25, 0.3) is 11.0 Å². The molecule has 0 saturated carbocycles. The van der Waals surface area contributed by atoms with E-state index in [0.29, 0.717) is 11.9 Å². The summed E-state index contributed by atoms with van der Waals surface area (Å²) < 4.78 is 13.9. The lowest BCUT2D eigenvalue weighted by Crippen LogP contribution is -2.23. The van der Waals surface area contributed by atoms with Gasteiger partial charge in [0.25, 0.3) is 0 Å². The number of imidazole rings is 1. The van der Waals surface area contributed by atoms with Crippen LogP contribution in [0.3, 0.4) is 0 Å². The predicted octanol–water partition coefficient (Wildman–Crippen LogP) is 3.21. The highest BCUT2D eigenvalue weighted by atomic mass is 35.5. The molecule has 108 valence electrons. The number of alkyl halides is 1. The van der Waals surface area contributed by atoms with E-state index in [9.17, 15) is 4.21 Å². The van der Waals surface area contributed by atoms with E-state index in [1.54, 1.807) is 0 Å². The number of rotatable bonds is 3. The fourth-order valence-electron chi connectivity index (χ4n) is 3.01. The Morgan fingerprint density at radius 3 is 2.85 bits per heavy atom. The van der Waals surface area contributed by atoms with Gasteiger partial charge in [-0.05, 0) is 31.4 Å². The number of hydrogen-bond acceptors (Lipinski definition) is 2. The first-order valence-electron chi connectivity index (χ1n) is 7.08. The van der Waals surface area contributed by atoms with E-state index in [-0.39, 0.29) is 0 Å². The second kappa shape index (κ2) is 5.86. The smallest absolute Gasteiger partial charge is 0.111 e. The van der Waals surface area contributed by atoms with Crippen molar-refractivity contribution in [2.75, 3.05) is 17.4 Å². The number of halogens is 1. The quantitative estimate of drug-likeness (QED) is 0.816. The molecule has 5 heteroatoms. The molecular weight excluding hydrogens is 292 g/mol. The van der Waals surface area contributed by atoms with E-state index in [4.69, 9.17) is 16.6 Å². The number of benzene rings is 1. The fraction of sp³-hybridized carbons (Fsp3) is 0.533. The van der Waals surface area contributed by atoms with Gasteiger partial charge >= 0.3 is 0 Å². The first-order valence-corrected chi connectivity index (χ1v) is 9.10. The Morgan fingerprint density at radius 2 is 2.15 bits per heavy atom. The van der Waals surface area contributed by atoms with E-state index < -0.39 is 10.8 Å². The molecule has 0 unspecified atom stereocenters. The van der Waals surface area contributed by atoms with Gasteiger partial charge in [0.15, 0.2) is 0 Å². The van der Waals surface area contributed by atoms with E-state index in [1.165, 1.54) is 11.1 Å². The zero-order chi connectivity index (χ0) is 14.1. The Labute approximate surface area is 126 Å². The Hall–Kier alpha value is -0.870. The van der Waals surface area contributed by atoms with Crippen LogP contribution in [0.1, 0.15) is 30.3 Å². The Balaban J connectivity index is 2.09. The van der Waals surface area contributed by atoms with E-state index in [2.05, 4.69) is 29.7 Å². The summed E-state index contributed by atoms with van der Waals surface area (Å²) in [7, 11) is -0.631. The van der Waals surface area contributed by atoms with Crippen molar-refractivity contribution in [3.05, 3.63) is 29.6 Å². The molecule has 2 aromatic rings. The highest BCUT2D eigenvalue weighted by Gasteiger charge is 2.23. The normalized spacial score (nSPS) is 23.3. The molecule has 0 aliphatic carbocycles. The maximum absolute atomic E-state index is 11.6. The van der Waals surface area contributed by atoms with Gasteiger partial charge in [-0.1, -0.05) is 12.1 Å². The van der Waals surface area contributed by atoms with Crippen LogP contribution >= 0.6 is 11.6 Å². The van der Waals surface area contributed by atoms with Crippen LogP contribution in [0.4, 0.5) is 0 Å². The highest BCUT2D eigenvalue weighted by Crippen LogP contribution is 2.30. The summed E-state index contributed by atoms with van der Waals surface area (Å²) in [5, 5.41) is 0. The predicted molar refractivity (Wildman–Crippen MR) is 85.0 cm³/mol. The number of fused-ring (bicyclic) bond motifs is 1. The van der Waals surface area contributed by atoms with E-state index >= 15 is 0 Å². The van der Waals surface area contributed by atoms with Crippen LogP contribution in [0.5, 0.6) is 0 Å². The van der Waals surface area contributed by atoms with Crippen LogP contribution in [0.15, 0.2) is 18.2 Å². The number of aromatic nitrogens is 2. The summed E-state index contributed by atoms with van der Waals surface area (Å²) in [6.45, 7) is 2.10. The van der Waals surface area contributed by atoms with Crippen molar-refractivity contribution in [3.63, 3.8) is 0 Å². The summed E-state index contributed by atoms with van der Waals surface area (Å²) >= 11 is 5.94. The minimum absolute atomic E-state index is 0.415. The van der Waals surface area contributed by atoms with Crippen molar-refractivity contribution in [1.29, 1.82) is 0 Å². The van der Waals surface area contributed by atoms with Crippen LogP contribution in [0.2, 0.25) is 0 Å². The number of hydrogen-bond donors (Lipinski definition) is 0. The van der Waals surface area contributed by atoms with Crippen LogP contribution in [0, 0.1) is 6.92 Å². The van der Waals surface area contributed by atoms with Gasteiger partial charge in [0.05, 0.1) is 11.0 Å². The minimum atomic E-state index is -0.631. The minimum Gasteiger partial charge on any atom is -0.325 e. The molecule has 1 aliphatic rings. The third-order valence-electron chi connectivity index (χ3n) is 4.04. The zero-order valence-electron chi connectivity index (χ0n) is 11.6. The van der Waals surface area contributed by atoms with Gasteiger partial charge < -0.3 is 4.57 Å². The van der Waals surface area contributed by atoms with Gasteiger partial charge in [0.2, 0.25) is 0 Å². The Bertz CT molecular complexity index is 643. The molecule has 3 nitrogen and oxygen atoms in total. The van der Waals surface area contributed by atoms with Crippen LogP contribution < -0.4 is 0 Å². The molecule has 1 aromatic heterocycles. The molecule has 1 aliphatic heterocycles. The summed E-state index contributed by atoms with van der Waals surface area (Å²) in [4.78, 5) is 4.80. The van der Waals surface area contributed by atoms with E-state index in [0.717, 1.165) is 42.1 Å². The molecular formula is C15H19ClN2OS. The monoisotopic (exact) mass is 310 g/mol. The second-order valence-electron chi connectivity index (χ2n) is 5.36. The molecule has 2 heterocycles. The van der Waals surface area contributed by atoms with Crippen molar-refractivity contribution in [1.82, 2.24) is 9.55 Å². The lowest BCUT2D eigenvalue weighted by atomic mass is 10.1. The lowest BCUT2D eigenvalue weighted by molar-refractivity contribution is 0.459. The van der Waals surface area contributed by atoms with Crippen molar-refractivity contribution in [2.24, 2.45) is 0 Å². The second-order valence-corrected chi connectivity index (χ2v) is 7.43. The first-order chi connectivity index (χ1) is 9.70. The summed E-state index contributed by atoms with van der Waals surface area (Å²) in [6.07, 6.45) is 2.73.